The first-order valence-electron chi connectivity index (χ1n) is 22.2. The van der Waals surface area contributed by atoms with E-state index in [2.05, 4.69) is 0 Å². The van der Waals surface area contributed by atoms with Crippen molar-refractivity contribution in [2.45, 2.75) is 75.5 Å². The minimum atomic E-state index is -3.31. The van der Waals surface area contributed by atoms with Crippen molar-refractivity contribution in [2.24, 2.45) is 0 Å². The molecule has 32 nitrogen and oxygen atoms in total. The molecule has 0 bridgehead atoms. The summed E-state index contributed by atoms with van der Waals surface area (Å²) in [5, 5.41) is 0. The number of carbonyl (C=O) groups excluding carboxylic acids is 12. The van der Waals surface area contributed by atoms with Gasteiger partial charge in [0.1, 0.15) is 53.6 Å². The first-order valence-corrected chi connectivity index (χ1v) is 22.2. The molecule has 10 saturated heterocycles. The molecular weight excluding hydrogens is 944 g/mol. The Kier molecular flexibility index (Phi) is 9.83. The van der Waals surface area contributed by atoms with Gasteiger partial charge in [0.25, 0.3) is 34.0 Å². The maximum absolute atomic E-state index is 16.1. The average Bonchev–Trinajstić information content (AvgIpc) is 3.99. The van der Waals surface area contributed by atoms with Crippen LogP contribution in [0.5, 0.6) is 0 Å². The van der Waals surface area contributed by atoms with Crippen molar-refractivity contribution < 1.29 is 95.4 Å². The maximum atomic E-state index is 16.1. The molecule has 0 saturated carbocycles. The molecule has 10 aliphatic rings. The van der Waals surface area contributed by atoms with Crippen LogP contribution in [-0.4, -0.2) is 258 Å². The Bertz CT molecular complexity index is 2230. The highest BCUT2D eigenvalue weighted by Crippen LogP contribution is 2.63. The highest BCUT2D eigenvalue weighted by molar-refractivity contribution is 6.14. The molecule has 12 amide bonds. The zero-order chi connectivity index (χ0) is 50.4. The number of ether oxygens (including phenoxy) is 8. The molecule has 0 unspecified atom stereocenters. The second-order valence-corrected chi connectivity index (χ2v) is 16.7. The Hall–Kier alpha value is -7.64. The lowest BCUT2D eigenvalue weighted by molar-refractivity contribution is -0.225. The van der Waals surface area contributed by atoms with Crippen LogP contribution in [0.1, 0.15) is 41.5 Å². The van der Waals surface area contributed by atoms with Crippen molar-refractivity contribution in [3.05, 3.63) is 0 Å². The summed E-state index contributed by atoms with van der Waals surface area (Å²) in [6, 6.07) is -8.25. The summed E-state index contributed by atoms with van der Waals surface area (Å²) in [7, 11) is 0. The monoisotopic (exact) mass is 990 g/mol. The van der Waals surface area contributed by atoms with Crippen LogP contribution >= 0.6 is 0 Å². The first-order chi connectivity index (χ1) is 33.5. The SMILES string of the molecule is CCOC(=O)[C@]12N3COCN1C(=O)N1CN4C(=O)N5CN6C(=O)N7COCN8C(=O)N(CN9C(=O)N(CN(C3=O)[C@]12C(=O)OCC)[C@@]4(C(=O)OCC)[C@@]95C(=O)OCC)[C@]6(C(=O)OCC)[C@@]78C(=O)OCC. The fraction of sp³-hybridized carbons (Fsp3) is 0.684. The van der Waals surface area contributed by atoms with E-state index in [-0.39, 0.29) is 13.2 Å². The molecule has 0 aromatic rings. The Morgan fingerprint density at radius 1 is 0.314 bits per heavy atom. The summed E-state index contributed by atoms with van der Waals surface area (Å²) >= 11 is 0. The van der Waals surface area contributed by atoms with E-state index in [4.69, 9.17) is 37.9 Å². The van der Waals surface area contributed by atoms with Crippen molar-refractivity contribution in [2.75, 3.05) is 93.2 Å². The van der Waals surface area contributed by atoms with Gasteiger partial charge in [-0.15, -0.1) is 0 Å². The summed E-state index contributed by atoms with van der Waals surface area (Å²) in [4.78, 5) is 190. The topological polar surface area (TPSA) is 318 Å². The van der Waals surface area contributed by atoms with Crippen molar-refractivity contribution in [3.63, 3.8) is 0 Å². The summed E-state index contributed by atoms with van der Waals surface area (Å²) in [5.41, 5.74) is -18.4. The third kappa shape index (κ3) is 4.34. The predicted molar refractivity (Wildman–Crippen MR) is 212 cm³/mol. The largest absolute Gasteiger partial charge is 0.463 e. The first kappa shape index (κ1) is 46.1. The van der Waals surface area contributed by atoms with E-state index in [1.165, 1.54) is 41.5 Å². The molecule has 378 valence electrons. The Morgan fingerprint density at radius 2 is 0.457 bits per heavy atom. The molecule has 10 rings (SSSR count). The van der Waals surface area contributed by atoms with Crippen LogP contribution in [-0.2, 0) is 66.7 Å². The second kappa shape index (κ2) is 14.9. The van der Waals surface area contributed by atoms with Crippen LogP contribution < -0.4 is 0 Å². The highest BCUT2D eigenvalue weighted by atomic mass is 16.6. The van der Waals surface area contributed by atoms with Crippen molar-refractivity contribution in [1.82, 2.24) is 58.8 Å². The molecule has 10 fully saturated rings. The number of urea groups is 6. The Labute approximate surface area is 394 Å². The average molecular weight is 991 g/mol. The van der Waals surface area contributed by atoms with E-state index in [9.17, 15) is 9.59 Å². The lowest BCUT2D eigenvalue weighted by Crippen LogP contribution is -2.83. The van der Waals surface area contributed by atoms with Crippen LogP contribution in [0.3, 0.4) is 0 Å². The summed E-state index contributed by atoms with van der Waals surface area (Å²) in [5.74, 6) is -8.80. The summed E-state index contributed by atoms with van der Waals surface area (Å²) in [6.45, 7) is -3.17. The third-order valence-electron chi connectivity index (χ3n) is 14.3. The standard InChI is InChI=1S/C38H46N12O20/c1-7-65-21(51)33-34(22(52)66-8-2)41-15-45-31(61)49-19-64-20-50-32(62)46(36(45,24(54)68-10-4)38(49,50)26(56)70-12-6)16-42(34)28(58)40(33)14-44-30(60)48-18-63-17-47-29(59)43(13-39(33)27(41)57)35(44,23(53)67-9-3)37(47,48)25(55)69-11-5/h7-20H2,1-6H3/t33-,34+,35-,36+,37+,38-. The lowest BCUT2D eigenvalue weighted by Gasteiger charge is -2.52. The van der Waals surface area contributed by atoms with E-state index >= 15 is 47.9 Å². The maximum Gasteiger partial charge on any atom is 0.359 e. The van der Waals surface area contributed by atoms with Gasteiger partial charge in [0.15, 0.2) is 0 Å². The molecule has 0 spiro atoms. The third-order valence-corrected chi connectivity index (χ3v) is 14.3. The van der Waals surface area contributed by atoms with Crippen LogP contribution in [0.15, 0.2) is 0 Å². The van der Waals surface area contributed by atoms with Crippen LogP contribution in [0.2, 0.25) is 0 Å². The van der Waals surface area contributed by atoms with E-state index in [1.54, 1.807) is 0 Å². The van der Waals surface area contributed by atoms with Gasteiger partial charge < -0.3 is 37.9 Å². The van der Waals surface area contributed by atoms with Crippen molar-refractivity contribution in [1.29, 1.82) is 0 Å². The normalized spacial score (nSPS) is 33.0. The van der Waals surface area contributed by atoms with Gasteiger partial charge in [-0.3, -0.25) is 58.8 Å². The Balaban J connectivity index is 1.30. The van der Waals surface area contributed by atoms with E-state index in [0.29, 0.717) is 58.8 Å². The summed E-state index contributed by atoms with van der Waals surface area (Å²) < 4.78 is 44.6. The fourth-order valence-electron chi connectivity index (χ4n) is 12.1. The van der Waals surface area contributed by atoms with E-state index < -0.39 is 186 Å². The molecule has 70 heavy (non-hydrogen) atoms. The zero-order valence-electron chi connectivity index (χ0n) is 38.4. The lowest BCUT2D eigenvalue weighted by atomic mass is 9.87. The van der Waals surface area contributed by atoms with Gasteiger partial charge >= 0.3 is 72.0 Å². The number of amides is 12. The number of esters is 6. The highest BCUT2D eigenvalue weighted by Gasteiger charge is 2.96. The fourth-order valence-corrected chi connectivity index (χ4v) is 12.1. The van der Waals surface area contributed by atoms with Gasteiger partial charge in [0.2, 0.25) is 0 Å². The molecule has 32 heteroatoms. The van der Waals surface area contributed by atoms with Gasteiger partial charge in [-0.2, -0.15) is 0 Å². The minimum absolute atomic E-state index is 0.367. The van der Waals surface area contributed by atoms with Crippen LogP contribution in [0.4, 0.5) is 28.8 Å². The smallest absolute Gasteiger partial charge is 0.359 e. The van der Waals surface area contributed by atoms with Gasteiger partial charge in [-0.1, -0.05) is 0 Å². The second-order valence-electron chi connectivity index (χ2n) is 16.7. The van der Waals surface area contributed by atoms with Crippen LogP contribution in [0, 0.1) is 0 Å². The number of hydrogen-bond donors (Lipinski definition) is 0. The Morgan fingerprint density at radius 3 is 0.614 bits per heavy atom. The van der Waals surface area contributed by atoms with E-state index in [0.717, 1.165) is 0 Å². The molecule has 10 aliphatic heterocycles. The molecule has 10 heterocycles. The van der Waals surface area contributed by atoms with Crippen molar-refractivity contribution in [3.8, 4) is 0 Å². The molecule has 0 N–H and O–H groups in total. The van der Waals surface area contributed by atoms with Gasteiger partial charge in [0.05, 0.1) is 39.6 Å². The van der Waals surface area contributed by atoms with Gasteiger partial charge in [-0.25, -0.2) is 57.5 Å². The van der Waals surface area contributed by atoms with Gasteiger partial charge in [0, 0.05) is 0 Å². The minimum Gasteiger partial charge on any atom is -0.463 e. The molecule has 0 radical (unpaired) electrons. The molecule has 0 aromatic carbocycles. The van der Waals surface area contributed by atoms with Crippen molar-refractivity contribution >= 4 is 72.0 Å². The zero-order valence-corrected chi connectivity index (χ0v) is 38.4. The van der Waals surface area contributed by atoms with E-state index in [1.807, 2.05) is 0 Å². The number of carbonyl (C=O) groups is 12. The molecule has 0 atom stereocenters. The number of nitrogens with zero attached hydrogens (tertiary/aromatic N) is 12. The summed E-state index contributed by atoms with van der Waals surface area (Å²) in [6.07, 6.45) is 0. The molecule has 0 aromatic heterocycles. The molecule has 0 aliphatic carbocycles. The molecular formula is C38H46N12O20. The number of rotatable bonds is 12. The predicted octanol–water partition coefficient (Wildman–Crippen LogP) is -3.28. The quantitative estimate of drug-likeness (QED) is 0.137. The van der Waals surface area contributed by atoms with Gasteiger partial charge in [-0.05, 0) is 41.5 Å². The number of hydrogen-bond acceptors (Lipinski definition) is 20. The van der Waals surface area contributed by atoms with Crippen LogP contribution in [0.25, 0.3) is 0 Å².